The van der Waals surface area contributed by atoms with Crippen LogP contribution in [0.1, 0.15) is 33.1 Å². The minimum Gasteiger partial charge on any atom is -0.480 e. The van der Waals surface area contributed by atoms with Crippen molar-refractivity contribution >= 4 is 16.0 Å². The zero-order chi connectivity index (χ0) is 12.3. The number of nitrogens with zero attached hydrogens (tertiary/aromatic N) is 1. The first-order valence-electron chi connectivity index (χ1n) is 5.57. The standard InChI is InChI=1S/C10H19NO4S/c1-8(2)7-16(14,15)11-6-4-3-5-9(11)10(12)13/h8-9H,3-7H2,1-2H3,(H,12,13)/t9-/m0/s1. The average molecular weight is 249 g/mol. The molecule has 1 heterocycles. The molecule has 5 nitrogen and oxygen atoms in total. The van der Waals surface area contributed by atoms with Gasteiger partial charge in [0.05, 0.1) is 5.75 Å². The summed E-state index contributed by atoms with van der Waals surface area (Å²) < 4.78 is 25.1. The highest BCUT2D eigenvalue weighted by Gasteiger charge is 2.36. The number of hydrogen-bond donors (Lipinski definition) is 1. The quantitative estimate of drug-likeness (QED) is 0.803. The number of hydrogen-bond acceptors (Lipinski definition) is 3. The van der Waals surface area contributed by atoms with E-state index in [-0.39, 0.29) is 11.7 Å². The Balaban J connectivity index is 2.86. The topological polar surface area (TPSA) is 74.7 Å². The Kier molecular flexibility index (Phi) is 4.32. The second-order valence-electron chi connectivity index (χ2n) is 4.63. The number of carboxylic acid groups (broad SMARTS) is 1. The third-order valence-electron chi connectivity index (χ3n) is 2.64. The van der Waals surface area contributed by atoms with E-state index in [0.29, 0.717) is 13.0 Å². The van der Waals surface area contributed by atoms with E-state index in [1.807, 2.05) is 13.8 Å². The van der Waals surface area contributed by atoms with Gasteiger partial charge in [0.25, 0.3) is 0 Å². The van der Waals surface area contributed by atoms with Crippen LogP contribution in [0.15, 0.2) is 0 Å². The smallest absolute Gasteiger partial charge is 0.322 e. The number of rotatable bonds is 4. The molecule has 1 saturated heterocycles. The zero-order valence-corrected chi connectivity index (χ0v) is 10.5. The minimum atomic E-state index is -3.42. The fraction of sp³-hybridized carbons (Fsp3) is 0.900. The van der Waals surface area contributed by atoms with Crippen LogP contribution in [-0.2, 0) is 14.8 Å². The number of piperidine rings is 1. The van der Waals surface area contributed by atoms with Crippen LogP contribution in [0.25, 0.3) is 0 Å². The Labute approximate surface area is 96.5 Å². The predicted octanol–water partition coefficient (Wildman–Crippen LogP) is 0.911. The van der Waals surface area contributed by atoms with Crippen LogP contribution in [0.2, 0.25) is 0 Å². The van der Waals surface area contributed by atoms with Gasteiger partial charge in [0.15, 0.2) is 0 Å². The van der Waals surface area contributed by atoms with Gasteiger partial charge in [-0.05, 0) is 25.2 Å². The summed E-state index contributed by atoms with van der Waals surface area (Å²) in [4.78, 5) is 11.0. The molecule has 6 heteroatoms. The van der Waals surface area contributed by atoms with Crippen LogP contribution in [0.4, 0.5) is 0 Å². The third kappa shape index (κ3) is 3.18. The van der Waals surface area contributed by atoms with Crippen LogP contribution in [0.3, 0.4) is 0 Å². The number of aliphatic carboxylic acids is 1. The van der Waals surface area contributed by atoms with E-state index in [2.05, 4.69) is 0 Å². The molecule has 0 aromatic heterocycles. The first-order valence-corrected chi connectivity index (χ1v) is 7.18. The van der Waals surface area contributed by atoms with Gasteiger partial charge >= 0.3 is 5.97 Å². The SMILES string of the molecule is CC(C)CS(=O)(=O)N1CCCC[C@H]1C(=O)O. The summed E-state index contributed by atoms with van der Waals surface area (Å²) in [7, 11) is -3.42. The molecule has 0 aliphatic carbocycles. The normalized spacial score (nSPS) is 23.6. The molecule has 0 saturated carbocycles. The molecule has 0 amide bonds. The van der Waals surface area contributed by atoms with Crippen molar-refractivity contribution in [1.82, 2.24) is 4.31 Å². The van der Waals surface area contributed by atoms with Gasteiger partial charge in [0.1, 0.15) is 6.04 Å². The second-order valence-corrected chi connectivity index (χ2v) is 6.60. The maximum absolute atomic E-state index is 12.0. The van der Waals surface area contributed by atoms with Crippen molar-refractivity contribution in [3.05, 3.63) is 0 Å². The first-order chi connectivity index (χ1) is 7.34. The molecule has 0 bridgehead atoms. The average Bonchev–Trinajstić information content (AvgIpc) is 2.15. The summed E-state index contributed by atoms with van der Waals surface area (Å²) in [5.74, 6) is -0.995. The van der Waals surface area contributed by atoms with Gasteiger partial charge < -0.3 is 5.11 Å². The molecule has 1 aliphatic heterocycles. The van der Waals surface area contributed by atoms with Crippen LogP contribution in [0, 0.1) is 5.92 Å². The highest BCUT2D eigenvalue weighted by molar-refractivity contribution is 7.89. The minimum absolute atomic E-state index is 0.0152. The lowest BCUT2D eigenvalue weighted by Crippen LogP contribution is -2.49. The van der Waals surface area contributed by atoms with E-state index in [4.69, 9.17) is 5.11 Å². The molecule has 1 rings (SSSR count). The van der Waals surface area contributed by atoms with Crippen LogP contribution in [0.5, 0.6) is 0 Å². The van der Waals surface area contributed by atoms with Crippen LogP contribution < -0.4 is 0 Å². The van der Waals surface area contributed by atoms with Crippen molar-refractivity contribution in [1.29, 1.82) is 0 Å². The summed E-state index contributed by atoms with van der Waals surface area (Å²) in [6, 6.07) is -0.863. The van der Waals surface area contributed by atoms with Crippen LogP contribution in [-0.4, -0.2) is 42.1 Å². The predicted molar refractivity (Wildman–Crippen MR) is 60.6 cm³/mol. The Morgan fingerprint density at radius 3 is 2.56 bits per heavy atom. The van der Waals surface area contributed by atoms with E-state index in [1.165, 1.54) is 4.31 Å². The highest BCUT2D eigenvalue weighted by atomic mass is 32.2. The maximum atomic E-state index is 12.0. The summed E-state index contributed by atoms with van der Waals surface area (Å²) in [6.07, 6.45) is 1.96. The zero-order valence-electron chi connectivity index (χ0n) is 9.72. The molecule has 16 heavy (non-hydrogen) atoms. The summed E-state index contributed by atoms with van der Waals surface area (Å²) in [5.41, 5.74) is 0. The molecule has 1 aliphatic rings. The van der Waals surface area contributed by atoms with E-state index < -0.39 is 22.0 Å². The Morgan fingerprint density at radius 1 is 1.44 bits per heavy atom. The number of carbonyl (C=O) groups is 1. The van der Waals surface area contributed by atoms with Gasteiger partial charge in [-0.3, -0.25) is 4.79 Å². The van der Waals surface area contributed by atoms with E-state index >= 15 is 0 Å². The number of carboxylic acids is 1. The van der Waals surface area contributed by atoms with Crippen molar-refractivity contribution < 1.29 is 18.3 Å². The monoisotopic (exact) mass is 249 g/mol. The lowest BCUT2D eigenvalue weighted by Gasteiger charge is -2.32. The molecule has 1 fully saturated rings. The third-order valence-corrected chi connectivity index (χ3v) is 4.88. The van der Waals surface area contributed by atoms with Crippen molar-refractivity contribution in [2.24, 2.45) is 5.92 Å². The molecule has 0 unspecified atom stereocenters. The van der Waals surface area contributed by atoms with E-state index in [9.17, 15) is 13.2 Å². The lowest BCUT2D eigenvalue weighted by molar-refractivity contribution is -0.142. The fourth-order valence-electron chi connectivity index (χ4n) is 2.00. The maximum Gasteiger partial charge on any atom is 0.322 e. The van der Waals surface area contributed by atoms with Gasteiger partial charge in [-0.15, -0.1) is 0 Å². The Hall–Kier alpha value is -0.620. The summed E-state index contributed by atoms with van der Waals surface area (Å²) >= 11 is 0. The summed E-state index contributed by atoms with van der Waals surface area (Å²) in [5, 5.41) is 9.00. The van der Waals surface area contributed by atoms with Gasteiger partial charge in [0.2, 0.25) is 10.0 Å². The first kappa shape index (κ1) is 13.4. The van der Waals surface area contributed by atoms with Gasteiger partial charge in [0, 0.05) is 6.54 Å². The fourth-order valence-corrected chi connectivity index (χ4v) is 4.03. The molecule has 94 valence electrons. The van der Waals surface area contributed by atoms with Crippen molar-refractivity contribution in [3.63, 3.8) is 0 Å². The largest absolute Gasteiger partial charge is 0.480 e. The van der Waals surface area contributed by atoms with E-state index in [1.54, 1.807) is 0 Å². The number of sulfonamides is 1. The van der Waals surface area contributed by atoms with Gasteiger partial charge in [-0.2, -0.15) is 4.31 Å². The highest BCUT2D eigenvalue weighted by Crippen LogP contribution is 2.22. The molecule has 1 N–H and O–H groups in total. The van der Waals surface area contributed by atoms with Crippen LogP contribution >= 0.6 is 0 Å². The molecule has 0 aromatic carbocycles. The molecular formula is C10H19NO4S. The summed E-state index contributed by atoms with van der Waals surface area (Å²) in [6.45, 7) is 3.97. The molecular weight excluding hydrogens is 230 g/mol. The lowest BCUT2D eigenvalue weighted by atomic mass is 10.1. The Bertz CT molecular complexity index is 350. The second kappa shape index (κ2) is 5.14. The Morgan fingerprint density at radius 2 is 2.06 bits per heavy atom. The molecule has 0 spiro atoms. The molecule has 0 aromatic rings. The molecule has 0 radical (unpaired) electrons. The van der Waals surface area contributed by atoms with Gasteiger partial charge in [-0.1, -0.05) is 13.8 Å². The van der Waals surface area contributed by atoms with Crippen molar-refractivity contribution in [2.75, 3.05) is 12.3 Å². The van der Waals surface area contributed by atoms with Crippen molar-refractivity contribution in [3.8, 4) is 0 Å². The van der Waals surface area contributed by atoms with E-state index in [0.717, 1.165) is 12.8 Å². The van der Waals surface area contributed by atoms with Gasteiger partial charge in [-0.25, -0.2) is 8.42 Å². The molecule has 1 atom stereocenters. The van der Waals surface area contributed by atoms with Crippen molar-refractivity contribution in [2.45, 2.75) is 39.2 Å².